The summed E-state index contributed by atoms with van der Waals surface area (Å²) in [5.41, 5.74) is 1.11. The number of nitrogens with one attached hydrogen (secondary N) is 1. The standard InChI is InChI=1S/C14H14N2O3S/c1-20(18,19)10-11-5-7-12(8-6-11)14(17)16-13-4-2-3-9-15-13/h2-9H,10H2,1H3,(H,15,16,17). The summed E-state index contributed by atoms with van der Waals surface area (Å²) >= 11 is 0. The molecule has 0 unspecified atom stereocenters. The molecule has 104 valence electrons. The van der Waals surface area contributed by atoms with Crippen LogP contribution >= 0.6 is 0 Å². The fraction of sp³-hybridized carbons (Fsp3) is 0.143. The van der Waals surface area contributed by atoms with Gasteiger partial charge < -0.3 is 5.32 Å². The van der Waals surface area contributed by atoms with E-state index >= 15 is 0 Å². The Bertz CT molecular complexity index is 695. The van der Waals surface area contributed by atoms with Crippen LogP contribution in [0.25, 0.3) is 0 Å². The highest BCUT2D eigenvalue weighted by molar-refractivity contribution is 7.89. The molecule has 0 fully saturated rings. The van der Waals surface area contributed by atoms with Crippen LogP contribution in [0, 0.1) is 0 Å². The minimum Gasteiger partial charge on any atom is -0.307 e. The maximum atomic E-state index is 11.9. The van der Waals surface area contributed by atoms with Crippen molar-refractivity contribution < 1.29 is 13.2 Å². The highest BCUT2D eigenvalue weighted by Gasteiger charge is 2.08. The number of aromatic nitrogens is 1. The minimum atomic E-state index is -3.07. The number of pyridine rings is 1. The quantitative estimate of drug-likeness (QED) is 0.932. The van der Waals surface area contributed by atoms with Gasteiger partial charge in [-0.15, -0.1) is 0 Å². The average Bonchev–Trinajstić information content (AvgIpc) is 2.39. The number of carbonyl (C=O) groups excluding carboxylic acids is 1. The smallest absolute Gasteiger partial charge is 0.256 e. The van der Waals surface area contributed by atoms with Crippen molar-refractivity contribution in [3.05, 3.63) is 59.8 Å². The number of hydrogen-bond donors (Lipinski definition) is 1. The largest absolute Gasteiger partial charge is 0.307 e. The summed E-state index contributed by atoms with van der Waals surface area (Å²) in [5, 5.41) is 2.66. The van der Waals surface area contributed by atoms with Crippen molar-refractivity contribution in [2.75, 3.05) is 11.6 Å². The summed E-state index contributed by atoms with van der Waals surface area (Å²) in [6.07, 6.45) is 2.76. The molecule has 0 aliphatic rings. The normalized spacial score (nSPS) is 11.1. The molecule has 1 aromatic heterocycles. The molecule has 0 bridgehead atoms. The molecular weight excluding hydrogens is 276 g/mol. The molecule has 6 heteroatoms. The van der Waals surface area contributed by atoms with E-state index in [1.54, 1.807) is 48.7 Å². The first-order valence-corrected chi connectivity index (χ1v) is 7.99. The van der Waals surface area contributed by atoms with Crippen LogP contribution in [0.3, 0.4) is 0 Å². The van der Waals surface area contributed by atoms with Crippen molar-refractivity contribution in [2.45, 2.75) is 5.75 Å². The third-order valence-corrected chi connectivity index (χ3v) is 3.41. The zero-order valence-corrected chi connectivity index (χ0v) is 11.7. The molecule has 5 nitrogen and oxygen atoms in total. The van der Waals surface area contributed by atoms with Gasteiger partial charge in [0, 0.05) is 18.0 Å². The van der Waals surface area contributed by atoms with Gasteiger partial charge in [0.15, 0.2) is 9.84 Å². The number of hydrogen-bond acceptors (Lipinski definition) is 4. The van der Waals surface area contributed by atoms with Gasteiger partial charge in [0.05, 0.1) is 5.75 Å². The predicted molar refractivity (Wildman–Crippen MR) is 77.2 cm³/mol. The Balaban J connectivity index is 2.08. The van der Waals surface area contributed by atoms with Gasteiger partial charge in [-0.2, -0.15) is 0 Å². The Labute approximate surface area is 117 Å². The van der Waals surface area contributed by atoms with E-state index in [2.05, 4.69) is 10.3 Å². The average molecular weight is 290 g/mol. The lowest BCUT2D eigenvalue weighted by Crippen LogP contribution is -2.12. The van der Waals surface area contributed by atoms with Crippen LogP contribution in [0.4, 0.5) is 5.82 Å². The van der Waals surface area contributed by atoms with Crippen LogP contribution in [-0.2, 0) is 15.6 Å². The Kier molecular flexibility index (Phi) is 4.14. The first-order valence-electron chi connectivity index (χ1n) is 5.93. The number of nitrogens with zero attached hydrogens (tertiary/aromatic N) is 1. The lowest BCUT2D eigenvalue weighted by Gasteiger charge is -2.05. The van der Waals surface area contributed by atoms with Crippen molar-refractivity contribution in [3.8, 4) is 0 Å². The van der Waals surface area contributed by atoms with Crippen LogP contribution in [0.2, 0.25) is 0 Å². The summed E-state index contributed by atoms with van der Waals surface area (Å²) in [6.45, 7) is 0. The second kappa shape index (κ2) is 5.83. The summed E-state index contributed by atoms with van der Waals surface area (Å²) in [5.74, 6) is 0.155. The molecule has 1 aromatic carbocycles. The lowest BCUT2D eigenvalue weighted by molar-refractivity contribution is 0.102. The van der Waals surface area contributed by atoms with Crippen molar-refractivity contribution >= 4 is 21.6 Å². The molecule has 1 amide bonds. The molecule has 0 radical (unpaired) electrons. The van der Waals surface area contributed by atoms with E-state index in [-0.39, 0.29) is 11.7 Å². The highest BCUT2D eigenvalue weighted by atomic mass is 32.2. The van der Waals surface area contributed by atoms with E-state index in [4.69, 9.17) is 0 Å². The van der Waals surface area contributed by atoms with Gasteiger partial charge in [-0.3, -0.25) is 4.79 Å². The Morgan fingerprint density at radius 2 is 1.85 bits per heavy atom. The molecule has 0 aliphatic carbocycles. The van der Waals surface area contributed by atoms with Crippen LogP contribution in [-0.4, -0.2) is 25.6 Å². The SMILES string of the molecule is CS(=O)(=O)Cc1ccc(C(=O)Nc2ccccn2)cc1. The topological polar surface area (TPSA) is 76.1 Å². The number of rotatable bonds is 4. The molecule has 0 spiro atoms. The summed E-state index contributed by atoms with van der Waals surface area (Å²) in [7, 11) is -3.07. The van der Waals surface area contributed by atoms with E-state index in [1.165, 1.54) is 6.26 Å². The van der Waals surface area contributed by atoms with Crippen molar-refractivity contribution in [1.29, 1.82) is 0 Å². The van der Waals surface area contributed by atoms with Gasteiger partial charge >= 0.3 is 0 Å². The molecule has 2 rings (SSSR count). The second-order valence-electron chi connectivity index (χ2n) is 4.44. The Morgan fingerprint density at radius 3 is 2.40 bits per heavy atom. The van der Waals surface area contributed by atoms with Crippen LogP contribution in [0.5, 0.6) is 0 Å². The van der Waals surface area contributed by atoms with Gasteiger partial charge in [-0.25, -0.2) is 13.4 Å². The lowest BCUT2D eigenvalue weighted by atomic mass is 10.1. The number of amides is 1. The Hall–Kier alpha value is -2.21. The first kappa shape index (κ1) is 14.2. The zero-order valence-electron chi connectivity index (χ0n) is 10.9. The maximum absolute atomic E-state index is 11.9. The van der Waals surface area contributed by atoms with E-state index in [9.17, 15) is 13.2 Å². The maximum Gasteiger partial charge on any atom is 0.256 e. The second-order valence-corrected chi connectivity index (χ2v) is 6.58. The molecule has 2 aromatic rings. The predicted octanol–water partition coefficient (Wildman–Crippen LogP) is 1.88. The third kappa shape index (κ3) is 4.17. The molecule has 0 saturated carbocycles. The van der Waals surface area contributed by atoms with Gasteiger partial charge in [0.1, 0.15) is 5.82 Å². The van der Waals surface area contributed by atoms with E-state index in [0.29, 0.717) is 16.9 Å². The Morgan fingerprint density at radius 1 is 1.15 bits per heavy atom. The van der Waals surface area contributed by atoms with E-state index in [1.807, 2.05) is 0 Å². The first-order chi connectivity index (χ1) is 9.44. The van der Waals surface area contributed by atoms with E-state index < -0.39 is 9.84 Å². The van der Waals surface area contributed by atoms with Crippen LogP contribution < -0.4 is 5.32 Å². The van der Waals surface area contributed by atoms with Crippen LogP contribution in [0.15, 0.2) is 48.7 Å². The monoisotopic (exact) mass is 290 g/mol. The molecule has 0 aliphatic heterocycles. The van der Waals surface area contributed by atoms with Crippen molar-refractivity contribution in [2.24, 2.45) is 0 Å². The van der Waals surface area contributed by atoms with Crippen LogP contribution in [0.1, 0.15) is 15.9 Å². The third-order valence-electron chi connectivity index (χ3n) is 2.55. The van der Waals surface area contributed by atoms with Crippen molar-refractivity contribution in [1.82, 2.24) is 4.98 Å². The van der Waals surface area contributed by atoms with Gasteiger partial charge in [-0.1, -0.05) is 18.2 Å². The van der Waals surface area contributed by atoms with Crippen molar-refractivity contribution in [3.63, 3.8) is 0 Å². The molecule has 0 atom stereocenters. The zero-order chi connectivity index (χ0) is 14.6. The summed E-state index contributed by atoms with van der Waals surface area (Å²) in [4.78, 5) is 15.9. The highest BCUT2D eigenvalue weighted by Crippen LogP contribution is 2.10. The van der Waals surface area contributed by atoms with Gasteiger partial charge in [0.25, 0.3) is 5.91 Å². The molecular formula is C14H14N2O3S. The molecule has 1 N–H and O–H groups in total. The number of benzene rings is 1. The van der Waals surface area contributed by atoms with Gasteiger partial charge in [0.2, 0.25) is 0 Å². The summed E-state index contributed by atoms with van der Waals surface area (Å²) in [6, 6.07) is 11.7. The molecule has 1 heterocycles. The molecule has 0 saturated heterocycles. The van der Waals surface area contributed by atoms with Gasteiger partial charge in [-0.05, 0) is 29.8 Å². The minimum absolute atomic E-state index is 0.0326. The molecule has 20 heavy (non-hydrogen) atoms. The summed E-state index contributed by atoms with van der Waals surface area (Å²) < 4.78 is 22.3. The number of anilines is 1. The fourth-order valence-electron chi connectivity index (χ4n) is 1.68. The van der Waals surface area contributed by atoms with E-state index in [0.717, 1.165) is 0 Å². The number of carbonyl (C=O) groups is 1. The number of sulfone groups is 1. The fourth-order valence-corrected chi connectivity index (χ4v) is 2.48.